The van der Waals surface area contributed by atoms with E-state index in [1.807, 2.05) is 6.92 Å². The fourth-order valence-corrected chi connectivity index (χ4v) is 3.83. The Morgan fingerprint density at radius 3 is 2.52 bits per heavy atom. The van der Waals surface area contributed by atoms with E-state index in [0.29, 0.717) is 30.9 Å². The van der Waals surface area contributed by atoms with Crippen LogP contribution in [0.4, 0.5) is 29.3 Å². The third kappa shape index (κ3) is 4.84. The number of halogens is 3. The van der Waals surface area contributed by atoms with Crippen LogP contribution in [0.2, 0.25) is 0 Å². The van der Waals surface area contributed by atoms with E-state index in [9.17, 15) is 22.8 Å². The maximum Gasteiger partial charge on any atom is 0.324 e. The number of hydrogen-bond donors (Lipinski definition) is 1. The molecule has 33 heavy (non-hydrogen) atoms. The molecule has 0 radical (unpaired) electrons. The molecule has 1 aliphatic rings. The largest absolute Gasteiger partial charge is 0.324 e. The standard InChI is InChI=1S/C25H22F3N3O2/c1-16-7-10-23(22(13-16)29-24(32)19-5-2-3-6-20(19)27)31-12-4-11-30(25(31)33)15-17-8-9-18(26)14-21(17)28/h2-3,5-10,13-14H,4,11-12,15H2,1H3,(H,29,32). The second kappa shape index (κ2) is 9.36. The van der Waals surface area contributed by atoms with Crippen molar-refractivity contribution in [2.24, 2.45) is 0 Å². The van der Waals surface area contributed by atoms with E-state index in [2.05, 4.69) is 5.32 Å². The van der Waals surface area contributed by atoms with Gasteiger partial charge in [0.15, 0.2) is 0 Å². The van der Waals surface area contributed by atoms with Gasteiger partial charge >= 0.3 is 6.03 Å². The second-order valence-corrected chi connectivity index (χ2v) is 7.90. The molecule has 1 heterocycles. The zero-order valence-electron chi connectivity index (χ0n) is 17.9. The van der Waals surface area contributed by atoms with Crippen molar-refractivity contribution in [1.82, 2.24) is 4.90 Å². The van der Waals surface area contributed by atoms with E-state index in [-0.39, 0.29) is 23.7 Å². The maximum absolute atomic E-state index is 14.1. The summed E-state index contributed by atoms with van der Waals surface area (Å²) in [5.74, 6) is -2.67. The summed E-state index contributed by atoms with van der Waals surface area (Å²) in [6.45, 7) is 2.64. The highest BCUT2D eigenvalue weighted by molar-refractivity contribution is 6.07. The van der Waals surface area contributed by atoms with Crippen LogP contribution in [0.25, 0.3) is 0 Å². The third-order valence-corrected chi connectivity index (χ3v) is 5.50. The van der Waals surface area contributed by atoms with Gasteiger partial charge in [-0.05, 0) is 49.2 Å². The number of benzene rings is 3. The summed E-state index contributed by atoms with van der Waals surface area (Å²) in [7, 11) is 0. The lowest BCUT2D eigenvalue weighted by Crippen LogP contribution is -2.49. The SMILES string of the molecule is Cc1ccc(N2CCCN(Cc3ccc(F)cc3F)C2=O)c(NC(=O)c2ccccc2F)c1. The van der Waals surface area contributed by atoms with Crippen molar-refractivity contribution in [1.29, 1.82) is 0 Å². The monoisotopic (exact) mass is 453 g/mol. The minimum atomic E-state index is -0.715. The van der Waals surface area contributed by atoms with E-state index >= 15 is 0 Å². The fraction of sp³-hybridized carbons (Fsp3) is 0.200. The average Bonchev–Trinajstić information content (AvgIpc) is 2.78. The molecule has 3 amide bonds. The van der Waals surface area contributed by atoms with Crippen molar-refractivity contribution in [3.8, 4) is 0 Å². The van der Waals surface area contributed by atoms with E-state index in [1.54, 1.807) is 24.3 Å². The molecule has 8 heteroatoms. The highest BCUT2D eigenvalue weighted by atomic mass is 19.1. The molecule has 0 unspecified atom stereocenters. The lowest BCUT2D eigenvalue weighted by molar-refractivity contribution is 0.102. The Hall–Kier alpha value is -3.81. The van der Waals surface area contributed by atoms with Crippen molar-refractivity contribution < 1.29 is 22.8 Å². The van der Waals surface area contributed by atoms with E-state index in [0.717, 1.165) is 17.7 Å². The summed E-state index contributed by atoms with van der Waals surface area (Å²) < 4.78 is 41.4. The minimum Gasteiger partial charge on any atom is -0.320 e. The molecule has 3 aromatic rings. The zero-order chi connectivity index (χ0) is 23.5. The predicted molar refractivity (Wildman–Crippen MR) is 120 cm³/mol. The van der Waals surface area contributed by atoms with Crippen LogP contribution < -0.4 is 10.2 Å². The predicted octanol–water partition coefficient (Wildman–Crippen LogP) is 5.50. The molecule has 170 valence electrons. The van der Waals surface area contributed by atoms with Crippen molar-refractivity contribution in [3.63, 3.8) is 0 Å². The molecule has 1 aliphatic heterocycles. The number of hydrogen-bond acceptors (Lipinski definition) is 2. The average molecular weight is 453 g/mol. The summed E-state index contributed by atoms with van der Waals surface area (Å²) in [5.41, 5.74) is 1.77. The first-order valence-corrected chi connectivity index (χ1v) is 10.5. The molecule has 1 saturated heterocycles. The van der Waals surface area contributed by atoms with Crippen LogP contribution in [-0.4, -0.2) is 29.9 Å². The maximum atomic E-state index is 14.1. The fourth-order valence-electron chi connectivity index (χ4n) is 3.83. The molecule has 0 spiro atoms. The van der Waals surface area contributed by atoms with Gasteiger partial charge in [-0.25, -0.2) is 18.0 Å². The van der Waals surface area contributed by atoms with E-state index in [4.69, 9.17) is 0 Å². The van der Waals surface area contributed by atoms with Crippen LogP contribution in [0.3, 0.4) is 0 Å². The minimum absolute atomic E-state index is 0.00970. The zero-order valence-corrected chi connectivity index (χ0v) is 17.9. The lowest BCUT2D eigenvalue weighted by Gasteiger charge is -2.36. The van der Waals surface area contributed by atoms with Gasteiger partial charge in [0.25, 0.3) is 5.91 Å². The number of carbonyl (C=O) groups is 2. The Labute approximate surface area is 189 Å². The highest BCUT2D eigenvalue weighted by Crippen LogP contribution is 2.31. The van der Waals surface area contributed by atoms with Gasteiger partial charge in [0, 0.05) is 24.7 Å². The van der Waals surface area contributed by atoms with Crippen LogP contribution in [-0.2, 0) is 6.54 Å². The third-order valence-electron chi connectivity index (χ3n) is 5.50. The molecule has 0 bridgehead atoms. The molecule has 1 fully saturated rings. The normalized spacial score (nSPS) is 13.9. The summed E-state index contributed by atoms with van der Waals surface area (Å²) in [6.07, 6.45) is 0.614. The summed E-state index contributed by atoms with van der Waals surface area (Å²) in [4.78, 5) is 28.9. The molecular formula is C25H22F3N3O2. The quantitative estimate of drug-likeness (QED) is 0.555. The van der Waals surface area contributed by atoms with Gasteiger partial charge in [0.2, 0.25) is 0 Å². The van der Waals surface area contributed by atoms with Gasteiger partial charge in [0.1, 0.15) is 17.5 Å². The van der Waals surface area contributed by atoms with E-state index in [1.165, 1.54) is 34.1 Å². The van der Waals surface area contributed by atoms with Crippen LogP contribution in [0.1, 0.15) is 27.9 Å². The summed E-state index contributed by atoms with van der Waals surface area (Å²) >= 11 is 0. The van der Waals surface area contributed by atoms with E-state index < -0.39 is 23.4 Å². The van der Waals surface area contributed by atoms with Gasteiger partial charge in [-0.1, -0.05) is 24.3 Å². The first-order chi connectivity index (χ1) is 15.8. The van der Waals surface area contributed by atoms with Crippen molar-refractivity contribution in [3.05, 3.63) is 94.8 Å². The first-order valence-electron chi connectivity index (χ1n) is 10.5. The van der Waals surface area contributed by atoms with Gasteiger partial charge in [-0.2, -0.15) is 0 Å². The molecule has 0 saturated carbocycles. The Kier molecular flexibility index (Phi) is 6.35. The molecule has 0 atom stereocenters. The smallest absolute Gasteiger partial charge is 0.320 e. The molecular weight excluding hydrogens is 431 g/mol. The topological polar surface area (TPSA) is 52.6 Å². The van der Waals surface area contributed by atoms with Crippen molar-refractivity contribution >= 4 is 23.3 Å². The summed E-state index contributed by atoms with van der Waals surface area (Å²) in [6, 6.07) is 13.8. The number of amides is 3. The van der Waals surface area contributed by atoms with Crippen molar-refractivity contribution in [2.75, 3.05) is 23.3 Å². The lowest BCUT2D eigenvalue weighted by atomic mass is 10.1. The van der Waals surface area contributed by atoms with Gasteiger partial charge in [-0.3, -0.25) is 9.69 Å². The number of carbonyl (C=O) groups excluding carboxylic acids is 2. The molecule has 4 rings (SSSR count). The number of aryl methyl sites for hydroxylation is 1. The number of urea groups is 1. The molecule has 5 nitrogen and oxygen atoms in total. The number of anilines is 2. The number of nitrogens with zero attached hydrogens (tertiary/aromatic N) is 2. The molecule has 0 aliphatic carbocycles. The van der Waals surface area contributed by atoms with Crippen LogP contribution >= 0.6 is 0 Å². The Morgan fingerprint density at radius 1 is 0.970 bits per heavy atom. The number of nitrogens with one attached hydrogen (secondary N) is 1. The van der Waals surface area contributed by atoms with Crippen LogP contribution in [0.15, 0.2) is 60.7 Å². The molecule has 3 aromatic carbocycles. The van der Waals surface area contributed by atoms with Gasteiger partial charge < -0.3 is 10.2 Å². The Morgan fingerprint density at radius 2 is 1.76 bits per heavy atom. The summed E-state index contributed by atoms with van der Waals surface area (Å²) in [5, 5.41) is 2.71. The van der Waals surface area contributed by atoms with Gasteiger partial charge in [-0.15, -0.1) is 0 Å². The highest BCUT2D eigenvalue weighted by Gasteiger charge is 2.29. The van der Waals surface area contributed by atoms with Crippen LogP contribution in [0, 0.1) is 24.4 Å². The Bertz CT molecular complexity index is 1220. The Balaban J connectivity index is 1.59. The molecule has 0 aromatic heterocycles. The first kappa shape index (κ1) is 22.4. The van der Waals surface area contributed by atoms with Crippen molar-refractivity contribution in [2.45, 2.75) is 19.9 Å². The second-order valence-electron chi connectivity index (χ2n) is 7.90. The molecule has 1 N–H and O–H groups in total. The van der Waals surface area contributed by atoms with Gasteiger partial charge in [0.05, 0.1) is 23.5 Å². The van der Waals surface area contributed by atoms with Crippen LogP contribution in [0.5, 0.6) is 0 Å². The number of rotatable bonds is 5.